The van der Waals surface area contributed by atoms with Gasteiger partial charge in [0.25, 0.3) is 11.8 Å². The Kier molecular flexibility index (Phi) is 7.63. The fourth-order valence-corrected chi connectivity index (χ4v) is 6.02. The second-order valence-corrected chi connectivity index (χ2v) is 10.5. The van der Waals surface area contributed by atoms with Gasteiger partial charge in [0.1, 0.15) is 38.8 Å². The molecule has 0 aliphatic carbocycles. The van der Waals surface area contributed by atoms with Crippen molar-refractivity contribution in [2.45, 2.75) is 23.4 Å². The molecular weight excluding hydrogens is 540 g/mol. The number of nitrogens with zero attached hydrogens (tertiary/aromatic N) is 5. The van der Waals surface area contributed by atoms with E-state index in [0.29, 0.717) is 16.4 Å². The highest BCUT2D eigenvalue weighted by atomic mass is 35.5. The summed E-state index contributed by atoms with van der Waals surface area (Å²) < 4.78 is 0.140. The van der Waals surface area contributed by atoms with E-state index in [-0.39, 0.29) is 33.2 Å². The van der Waals surface area contributed by atoms with E-state index in [1.165, 1.54) is 29.7 Å². The Morgan fingerprint density at radius 3 is 2.97 bits per heavy atom. The van der Waals surface area contributed by atoms with Gasteiger partial charge in [0.2, 0.25) is 0 Å². The number of hydrogen-bond acceptors (Lipinski definition) is 12. The standard InChI is InChI=1S/C18H17ClN8O5S3/c1-2-32-25-10(9-13(19)35-18(20)23-9)14(28)22-11-15(29)27-12(17(30)31)7(6-34-16(11)27)3-4-33-8-5-21-26-24-8/h3-5,11,16H,2,6H2,1H3,(H2,20,23)(H,22,28)(H,30,31)(H,21,24,26)/b4-3?,25-10-/t11-,16-/m1/s1. The van der Waals surface area contributed by atoms with Crippen LogP contribution in [0.2, 0.25) is 4.34 Å². The Morgan fingerprint density at radius 2 is 2.34 bits per heavy atom. The molecule has 0 spiro atoms. The zero-order valence-corrected chi connectivity index (χ0v) is 21.0. The van der Waals surface area contributed by atoms with E-state index in [9.17, 15) is 19.5 Å². The van der Waals surface area contributed by atoms with Crippen molar-refractivity contribution in [2.24, 2.45) is 5.16 Å². The number of rotatable bonds is 9. The van der Waals surface area contributed by atoms with Crippen LogP contribution in [0.1, 0.15) is 12.6 Å². The number of halogens is 1. The maximum Gasteiger partial charge on any atom is 0.352 e. The van der Waals surface area contributed by atoms with Gasteiger partial charge in [-0.2, -0.15) is 10.3 Å². The molecule has 13 nitrogen and oxygen atoms in total. The largest absolute Gasteiger partial charge is 0.477 e. The highest BCUT2D eigenvalue weighted by molar-refractivity contribution is 8.02. The number of amides is 2. The molecule has 2 amide bonds. The monoisotopic (exact) mass is 556 g/mol. The fraction of sp³-hybridized carbons (Fsp3) is 0.278. The molecule has 0 aromatic carbocycles. The smallest absolute Gasteiger partial charge is 0.352 e. The zero-order valence-electron chi connectivity index (χ0n) is 17.8. The number of nitrogens with one attached hydrogen (secondary N) is 2. The lowest BCUT2D eigenvalue weighted by molar-refractivity contribution is -0.150. The Hall–Kier alpha value is -3.08. The van der Waals surface area contributed by atoms with Crippen LogP contribution >= 0.6 is 46.5 Å². The first-order chi connectivity index (χ1) is 16.8. The molecule has 2 atom stereocenters. The first-order valence-corrected chi connectivity index (χ1v) is 13.0. The second kappa shape index (κ2) is 10.7. The number of carbonyl (C=O) groups excluding carboxylic acids is 2. The molecule has 0 radical (unpaired) electrons. The lowest BCUT2D eigenvalue weighted by atomic mass is 10.0. The van der Waals surface area contributed by atoms with E-state index in [0.717, 1.165) is 16.2 Å². The number of oxime groups is 1. The molecule has 2 aromatic rings. The number of carbonyl (C=O) groups is 3. The maximum absolute atomic E-state index is 13.0. The summed E-state index contributed by atoms with van der Waals surface area (Å²) in [6, 6.07) is -0.974. The van der Waals surface area contributed by atoms with E-state index in [1.54, 1.807) is 18.4 Å². The normalized spacial score (nSPS) is 20.1. The number of nitrogen functional groups attached to an aromatic ring is 1. The van der Waals surface area contributed by atoms with Gasteiger partial charge in [0, 0.05) is 5.75 Å². The summed E-state index contributed by atoms with van der Waals surface area (Å²) >= 11 is 9.65. The first-order valence-electron chi connectivity index (χ1n) is 9.84. The van der Waals surface area contributed by atoms with Crippen LogP contribution in [0, 0.1) is 0 Å². The molecule has 184 valence electrons. The van der Waals surface area contributed by atoms with Crippen molar-refractivity contribution in [3.63, 3.8) is 0 Å². The average molecular weight is 557 g/mol. The summed E-state index contributed by atoms with van der Waals surface area (Å²) in [5, 5.41) is 28.0. The topological polar surface area (TPSA) is 189 Å². The number of H-pyrrole nitrogens is 1. The predicted octanol–water partition coefficient (Wildman–Crippen LogP) is 1.28. The molecule has 4 rings (SSSR count). The summed E-state index contributed by atoms with van der Waals surface area (Å²) in [6.45, 7) is 1.86. The molecule has 5 N–H and O–H groups in total. The first kappa shape index (κ1) is 25.0. The average Bonchev–Trinajstić information content (AvgIpc) is 3.46. The predicted molar refractivity (Wildman–Crippen MR) is 131 cm³/mol. The number of thioether (sulfide) groups is 2. The van der Waals surface area contributed by atoms with Crippen LogP contribution in [0.25, 0.3) is 0 Å². The summed E-state index contributed by atoms with van der Waals surface area (Å²) in [4.78, 5) is 48.1. The highest BCUT2D eigenvalue weighted by Gasteiger charge is 2.54. The van der Waals surface area contributed by atoms with Gasteiger partial charge < -0.3 is 21.0 Å². The SMILES string of the molecule is CCO/N=C(\C(=O)N[C@@H]1C(=O)N2C(C(=O)O)=C(C=CSc3cn[nH]n3)CS[C@H]12)c1nc(N)sc1Cl. The number of aromatic amines is 1. The second-order valence-electron chi connectivity index (χ2n) is 6.80. The minimum absolute atomic E-state index is 0.0307. The molecule has 35 heavy (non-hydrogen) atoms. The zero-order chi connectivity index (χ0) is 25.1. The summed E-state index contributed by atoms with van der Waals surface area (Å²) in [7, 11) is 0. The number of fused-ring (bicyclic) bond motifs is 1. The van der Waals surface area contributed by atoms with Gasteiger partial charge in [-0.25, -0.2) is 9.78 Å². The van der Waals surface area contributed by atoms with Crippen LogP contribution in [0.3, 0.4) is 0 Å². The third-order valence-electron chi connectivity index (χ3n) is 4.66. The lowest BCUT2D eigenvalue weighted by Gasteiger charge is -2.49. The molecule has 1 fully saturated rings. The van der Waals surface area contributed by atoms with Gasteiger partial charge in [-0.3, -0.25) is 14.5 Å². The van der Waals surface area contributed by atoms with E-state index in [4.69, 9.17) is 22.2 Å². The number of carboxylic acid groups (broad SMARTS) is 1. The van der Waals surface area contributed by atoms with E-state index >= 15 is 0 Å². The van der Waals surface area contributed by atoms with Gasteiger partial charge in [-0.1, -0.05) is 39.9 Å². The number of carboxylic acids is 1. The molecule has 17 heteroatoms. The number of β-lactam (4-membered cyclic amide) rings is 1. The number of anilines is 1. The van der Waals surface area contributed by atoms with Crippen LogP contribution in [-0.4, -0.2) is 77.7 Å². The fourth-order valence-electron chi connectivity index (χ4n) is 3.20. The van der Waals surface area contributed by atoms with E-state index in [1.807, 2.05) is 0 Å². The number of thiazole rings is 1. The molecule has 0 saturated carbocycles. The molecule has 2 aliphatic heterocycles. The number of aliphatic carboxylic acids is 1. The number of allylic oxidation sites excluding steroid dienone is 1. The molecular formula is C18H17ClN8O5S3. The van der Waals surface area contributed by atoms with Crippen molar-refractivity contribution >= 4 is 75.1 Å². The minimum atomic E-state index is -1.25. The van der Waals surface area contributed by atoms with E-state index in [2.05, 4.69) is 30.9 Å². The Balaban J connectivity index is 1.51. The number of nitrogens with two attached hydrogens (primary N) is 1. The molecule has 4 heterocycles. The van der Waals surface area contributed by atoms with Gasteiger partial charge >= 0.3 is 5.97 Å². The van der Waals surface area contributed by atoms with Crippen LogP contribution in [0.4, 0.5) is 5.13 Å². The van der Waals surface area contributed by atoms with Gasteiger partial charge in [-0.05, 0) is 24.0 Å². The van der Waals surface area contributed by atoms with Crippen molar-refractivity contribution in [3.05, 3.63) is 39.0 Å². The van der Waals surface area contributed by atoms with Crippen LogP contribution < -0.4 is 11.1 Å². The van der Waals surface area contributed by atoms with Gasteiger partial charge in [-0.15, -0.1) is 16.9 Å². The molecule has 2 aromatic heterocycles. The van der Waals surface area contributed by atoms with E-state index < -0.39 is 29.2 Å². The Labute approximate surface area is 215 Å². The Bertz CT molecular complexity index is 1240. The third kappa shape index (κ3) is 5.14. The maximum atomic E-state index is 13.0. The van der Waals surface area contributed by atoms with Gasteiger partial charge in [0.05, 0.1) is 6.20 Å². The van der Waals surface area contributed by atoms with Crippen molar-refractivity contribution in [2.75, 3.05) is 18.1 Å². The van der Waals surface area contributed by atoms with Crippen molar-refractivity contribution in [1.29, 1.82) is 0 Å². The summed E-state index contributed by atoms with van der Waals surface area (Å²) in [6.07, 6.45) is 3.14. The van der Waals surface area contributed by atoms with Crippen LogP contribution in [0.5, 0.6) is 0 Å². The van der Waals surface area contributed by atoms with Crippen LogP contribution in [0.15, 0.2) is 39.1 Å². The van der Waals surface area contributed by atoms with Crippen molar-refractivity contribution in [3.8, 4) is 0 Å². The van der Waals surface area contributed by atoms with Crippen molar-refractivity contribution < 1.29 is 24.3 Å². The number of aromatic nitrogens is 4. The molecule has 0 bridgehead atoms. The van der Waals surface area contributed by atoms with Crippen molar-refractivity contribution in [1.82, 2.24) is 30.6 Å². The highest BCUT2D eigenvalue weighted by Crippen LogP contribution is 2.41. The molecule has 2 aliphatic rings. The number of hydrogen-bond donors (Lipinski definition) is 4. The Morgan fingerprint density at radius 1 is 1.54 bits per heavy atom. The lowest BCUT2D eigenvalue weighted by Crippen LogP contribution is -2.71. The summed E-state index contributed by atoms with van der Waals surface area (Å²) in [5.41, 5.74) is 5.78. The molecule has 0 unspecified atom stereocenters. The minimum Gasteiger partial charge on any atom is -0.477 e. The van der Waals surface area contributed by atoms with Gasteiger partial charge in [0.15, 0.2) is 10.8 Å². The quantitative estimate of drug-likeness (QED) is 0.151. The molecule has 1 saturated heterocycles. The summed E-state index contributed by atoms with van der Waals surface area (Å²) in [5.74, 6) is -2.25. The van der Waals surface area contributed by atoms with Crippen LogP contribution in [-0.2, 0) is 19.2 Å². The third-order valence-corrected chi connectivity index (χ3v) is 7.76.